The first-order valence-corrected chi connectivity index (χ1v) is 15.7. The summed E-state index contributed by atoms with van der Waals surface area (Å²) in [5.41, 5.74) is 6.81. The molecule has 0 amide bonds. The third kappa shape index (κ3) is 4.68. The molecule has 4 aromatic rings. The molecule has 186 valence electrons. The number of allylic oxidation sites excluding steroid dienone is 1. The Labute approximate surface area is 254 Å². The van der Waals surface area contributed by atoms with Gasteiger partial charge >= 0.3 is 0 Å². The van der Waals surface area contributed by atoms with Gasteiger partial charge in [-0.15, -0.1) is 0 Å². The molecule has 3 aromatic carbocycles. The molecule has 8 heteroatoms. The molecule has 4 nitrogen and oxygen atoms in total. The number of ether oxygens (including phenoxy) is 1. The van der Waals surface area contributed by atoms with Crippen LogP contribution in [0.3, 0.4) is 0 Å². The molecule has 0 bridgehead atoms. The average Bonchev–Trinajstić information content (AvgIpc) is 3.20. The van der Waals surface area contributed by atoms with Crippen molar-refractivity contribution in [1.82, 2.24) is 4.57 Å². The maximum atomic E-state index is 13.9. The standard InChI is InChI=1S/C29H21BrI2N2O2S/c1-2-36-27-22(31)13-16(14-23(27)32)15-24-28(35)34-26(18-7-10-19(30)11-8-18)21-12-9-17-5-3-4-6-20(17)25(21)33-29(34)37-24/h3-8,10-11,13-15,26H,2,9,12H2,1H3/b24-15+/t26-/m1/s1. The molecular formula is C29H21BrI2N2O2S. The largest absolute Gasteiger partial charge is 0.492 e. The van der Waals surface area contributed by atoms with Crippen LogP contribution in [0, 0.1) is 7.14 Å². The van der Waals surface area contributed by atoms with E-state index in [9.17, 15) is 4.79 Å². The smallest absolute Gasteiger partial charge is 0.271 e. The number of fused-ring (bicyclic) bond motifs is 3. The van der Waals surface area contributed by atoms with E-state index >= 15 is 0 Å². The number of rotatable bonds is 4. The fraction of sp³-hybridized carbons (Fsp3) is 0.172. The van der Waals surface area contributed by atoms with Crippen LogP contribution in [0.2, 0.25) is 0 Å². The zero-order valence-corrected chi connectivity index (χ0v) is 26.5. The van der Waals surface area contributed by atoms with Crippen molar-refractivity contribution < 1.29 is 4.74 Å². The van der Waals surface area contributed by atoms with Crippen LogP contribution < -0.4 is 19.6 Å². The monoisotopic (exact) mass is 794 g/mol. The lowest BCUT2D eigenvalue weighted by atomic mass is 9.83. The van der Waals surface area contributed by atoms with Crippen molar-refractivity contribution in [3.63, 3.8) is 0 Å². The summed E-state index contributed by atoms with van der Waals surface area (Å²) in [6, 6.07) is 20.8. The van der Waals surface area contributed by atoms with Gasteiger partial charge in [-0.05, 0) is 118 Å². The Morgan fingerprint density at radius 2 is 1.84 bits per heavy atom. The highest BCUT2D eigenvalue weighted by atomic mass is 127. The summed E-state index contributed by atoms with van der Waals surface area (Å²) >= 11 is 9.63. The highest BCUT2D eigenvalue weighted by Gasteiger charge is 2.32. The van der Waals surface area contributed by atoms with Crippen molar-refractivity contribution >= 4 is 84.2 Å². The molecule has 0 saturated heterocycles. The Kier molecular flexibility index (Phi) is 7.19. The van der Waals surface area contributed by atoms with E-state index in [-0.39, 0.29) is 11.6 Å². The van der Waals surface area contributed by atoms with E-state index in [0.29, 0.717) is 11.1 Å². The molecule has 0 unspecified atom stereocenters. The molecule has 0 radical (unpaired) electrons. The van der Waals surface area contributed by atoms with Crippen LogP contribution in [0.5, 0.6) is 5.75 Å². The van der Waals surface area contributed by atoms with Crippen molar-refractivity contribution in [3.8, 4) is 5.75 Å². The number of aryl methyl sites for hydroxylation is 1. The molecule has 1 atom stereocenters. The van der Waals surface area contributed by atoms with Crippen LogP contribution in [0.1, 0.15) is 41.6 Å². The molecule has 0 fully saturated rings. The van der Waals surface area contributed by atoms with E-state index in [2.05, 4.69) is 110 Å². The third-order valence-corrected chi connectivity index (χ3v) is 9.78. The third-order valence-electron chi connectivity index (χ3n) is 6.67. The molecule has 1 aromatic heterocycles. The van der Waals surface area contributed by atoms with Crippen LogP contribution in [-0.4, -0.2) is 11.2 Å². The van der Waals surface area contributed by atoms with Gasteiger partial charge in [-0.25, -0.2) is 4.99 Å². The van der Waals surface area contributed by atoms with Crippen molar-refractivity contribution in [2.75, 3.05) is 6.61 Å². The number of hydrogen-bond donors (Lipinski definition) is 0. The number of thiazole rings is 1. The molecule has 0 spiro atoms. The van der Waals surface area contributed by atoms with Crippen molar-refractivity contribution in [3.05, 3.63) is 120 Å². The van der Waals surface area contributed by atoms with Gasteiger partial charge in [0.2, 0.25) is 0 Å². The highest BCUT2D eigenvalue weighted by Crippen LogP contribution is 2.41. The van der Waals surface area contributed by atoms with Crippen LogP contribution in [0.4, 0.5) is 0 Å². The van der Waals surface area contributed by atoms with Crippen LogP contribution >= 0.6 is 72.4 Å². The zero-order chi connectivity index (χ0) is 25.7. The zero-order valence-electron chi connectivity index (χ0n) is 19.8. The normalized spacial score (nSPS) is 16.6. The molecule has 37 heavy (non-hydrogen) atoms. The predicted molar refractivity (Wildman–Crippen MR) is 170 cm³/mol. The van der Waals surface area contributed by atoms with Gasteiger partial charge in [-0.2, -0.15) is 0 Å². The number of aromatic nitrogens is 1. The van der Waals surface area contributed by atoms with E-state index < -0.39 is 0 Å². The minimum atomic E-state index is -0.171. The second kappa shape index (κ2) is 10.4. The average molecular weight is 795 g/mol. The maximum absolute atomic E-state index is 13.9. The maximum Gasteiger partial charge on any atom is 0.271 e. The minimum absolute atomic E-state index is 0.000906. The Morgan fingerprint density at radius 1 is 1.11 bits per heavy atom. The lowest BCUT2D eigenvalue weighted by Gasteiger charge is -2.30. The number of benzene rings is 3. The first kappa shape index (κ1) is 25.5. The summed E-state index contributed by atoms with van der Waals surface area (Å²) in [6.45, 7) is 2.61. The van der Waals surface area contributed by atoms with Crippen LogP contribution in [0.25, 0.3) is 11.8 Å². The van der Waals surface area contributed by atoms with E-state index in [1.165, 1.54) is 28.0 Å². The van der Waals surface area contributed by atoms with Crippen molar-refractivity contribution in [1.29, 1.82) is 0 Å². The van der Waals surface area contributed by atoms with E-state index in [1.54, 1.807) is 0 Å². The molecular weight excluding hydrogens is 774 g/mol. The summed E-state index contributed by atoms with van der Waals surface area (Å²) in [5.74, 6) is 0.892. The Hall–Kier alpha value is -1.76. The molecule has 1 aliphatic carbocycles. The second-order valence-electron chi connectivity index (χ2n) is 8.91. The molecule has 2 heterocycles. The van der Waals surface area contributed by atoms with Crippen molar-refractivity contribution in [2.24, 2.45) is 4.99 Å². The molecule has 2 aliphatic rings. The van der Waals surface area contributed by atoms with Gasteiger partial charge in [-0.1, -0.05) is 63.7 Å². The highest BCUT2D eigenvalue weighted by molar-refractivity contribution is 14.1. The number of halogens is 3. The fourth-order valence-corrected chi connectivity index (χ4v) is 8.46. The fourth-order valence-electron chi connectivity index (χ4n) is 5.06. The van der Waals surface area contributed by atoms with E-state index in [1.807, 2.05) is 29.7 Å². The van der Waals surface area contributed by atoms with E-state index in [0.717, 1.165) is 51.8 Å². The SMILES string of the molecule is CCOc1c(I)cc(/C=c2/sc3n(c2=O)[C@H](c2ccc(Br)cc2)C2=C(N=3)c3ccccc3CC2)cc1I. The van der Waals surface area contributed by atoms with Gasteiger partial charge in [0.1, 0.15) is 5.75 Å². The molecule has 1 aliphatic heterocycles. The van der Waals surface area contributed by atoms with E-state index in [4.69, 9.17) is 9.73 Å². The van der Waals surface area contributed by atoms with Gasteiger partial charge < -0.3 is 4.74 Å². The van der Waals surface area contributed by atoms with Crippen LogP contribution in [0.15, 0.2) is 80.5 Å². The molecule has 6 rings (SSSR count). The summed E-state index contributed by atoms with van der Waals surface area (Å²) in [7, 11) is 0. The summed E-state index contributed by atoms with van der Waals surface area (Å²) in [6.07, 6.45) is 3.82. The van der Waals surface area contributed by atoms with Gasteiger partial charge in [0, 0.05) is 10.0 Å². The topological polar surface area (TPSA) is 43.6 Å². The van der Waals surface area contributed by atoms with Gasteiger partial charge in [0.15, 0.2) is 4.80 Å². The quantitative estimate of drug-likeness (QED) is 0.217. The van der Waals surface area contributed by atoms with Gasteiger partial charge in [0.25, 0.3) is 5.56 Å². The Balaban J connectivity index is 1.57. The number of hydrogen-bond acceptors (Lipinski definition) is 4. The van der Waals surface area contributed by atoms with Gasteiger partial charge in [0.05, 0.1) is 30.0 Å². The number of nitrogens with zero attached hydrogens (tertiary/aromatic N) is 2. The van der Waals surface area contributed by atoms with Crippen LogP contribution in [-0.2, 0) is 6.42 Å². The predicted octanol–water partition coefficient (Wildman–Crippen LogP) is 6.69. The lowest BCUT2D eigenvalue weighted by molar-refractivity contribution is 0.335. The Bertz CT molecular complexity index is 1730. The summed E-state index contributed by atoms with van der Waals surface area (Å²) in [5, 5.41) is 0. The van der Waals surface area contributed by atoms with Crippen molar-refractivity contribution in [2.45, 2.75) is 25.8 Å². The summed E-state index contributed by atoms with van der Waals surface area (Å²) in [4.78, 5) is 19.8. The summed E-state index contributed by atoms with van der Waals surface area (Å²) < 4.78 is 11.5. The first-order valence-electron chi connectivity index (χ1n) is 11.9. The lowest BCUT2D eigenvalue weighted by Crippen LogP contribution is -2.38. The molecule has 0 saturated carbocycles. The second-order valence-corrected chi connectivity index (χ2v) is 13.2. The minimum Gasteiger partial charge on any atom is -0.492 e. The first-order chi connectivity index (χ1) is 17.9. The van der Waals surface area contributed by atoms with Gasteiger partial charge in [-0.3, -0.25) is 9.36 Å². The molecule has 0 N–H and O–H groups in total. The Morgan fingerprint density at radius 3 is 2.57 bits per heavy atom.